The number of hydrogen-bond donors (Lipinski definition) is 1. The van der Waals surface area contributed by atoms with Crippen LogP contribution in [0.5, 0.6) is 0 Å². The number of benzene rings is 2. The van der Waals surface area contributed by atoms with Gasteiger partial charge in [0.05, 0.1) is 53.2 Å². The monoisotopic (exact) mass is 461 g/mol. The molecule has 0 aliphatic carbocycles. The van der Waals surface area contributed by atoms with Crippen molar-refractivity contribution in [1.29, 1.82) is 0 Å². The Kier molecular flexibility index (Phi) is 7.67. The molecule has 2 aromatic carbocycles. The van der Waals surface area contributed by atoms with Crippen molar-refractivity contribution in [1.82, 2.24) is 9.55 Å². The third kappa shape index (κ3) is 5.43. The van der Waals surface area contributed by atoms with Crippen LogP contribution >= 0.6 is 23.4 Å². The lowest BCUT2D eigenvalue weighted by Gasteiger charge is -2.13. The Labute approximate surface area is 187 Å². The van der Waals surface area contributed by atoms with Crippen molar-refractivity contribution in [2.75, 3.05) is 31.9 Å². The molecule has 0 atom stereocenters. The zero-order valence-electron chi connectivity index (χ0n) is 16.9. The van der Waals surface area contributed by atoms with Gasteiger partial charge in [0.25, 0.3) is 5.56 Å². The van der Waals surface area contributed by atoms with Gasteiger partial charge in [0, 0.05) is 7.11 Å². The molecule has 1 amide bonds. The predicted octanol–water partition coefficient (Wildman–Crippen LogP) is 3.21. The standard InChI is InChI=1S/C21H20ClN3O5S/c1-29-10-9-25-19(27)14-8-7-13(20(28)30-2)11-17(14)24-21(25)31-12-18(26)23-16-6-4-3-5-15(16)22/h3-8,11H,9-10,12H2,1-2H3,(H,23,26). The molecule has 0 radical (unpaired) electrons. The lowest BCUT2D eigenvalue weighted by Crippen LogP contribution is -2.26. The number of thioether (sulfide) groups is 1. The van der Waals surface area contributed by atoms with Gasteiger partial charge >= 0.3 is 5.97 Å². The van der Waals surface area contributed by atoms with Crippen molar-refractivity contribution in [3.8, 4) is 0 Å². The van der Waals surface area contributed by atoms with Gasteiger partial charge in [0.1, 0.15) is 0 Å². The van der Waals surface area contributed by atoms with Crippen LogP contribution in [-0.2, 0) is 20.8 Å². The van der Waals surface area contributed by atoms with E-state index in [0.29, 0.717) is 33.4 Å². The molecule has 0 spiro atoms. The third-order valence-corrected chi connectivity index (χ3v) is 5.65. The molecular weight excluding hydrogens is 442 g/mol. The fraction of sp³-hybridized carbons (Fsp3) is 0.238. The van der Waals surface area contributed by atoms with Crippen LogP contribution in [0, 0.1) is 0 Å². The van der Waals surface area contributed by atoms with E-state index in [9.17, 15) is 14.4 Å². The number of methoxy groups -OCH3 is 2. The quantitative estimate of drug-likeness (QED) is 0.312. The molecule has 1 aromatic heterocycles. The van der Waals surface area contributed by atoms with Crippen LogP contribution in [0.4, 0.5) is 5.69 Å². The van der Waals surface area contributed by atoms with Gasteiger partial charge in [-0.3, -0.25) is 14.2 Å². The first-order chi connectivity index (χ1) is 14.9. The van der Waals surface area contributed by atoms with E-state index in [1.54, 1.807) is 30.3 Å². The van der Waals surface area contributed by atoms with Crippen molar-refractivity contribution in [3.05, 3.63) is 63.4 Å². The van der Waals surface area contributed by atoms with Gasteiger partial charge in [-0.1, -0.05) is 35.5 Å². The Morgan fingerprint density at radius 1 is 1.19 bits per heavy atom. The molecule has 0 aliphatic rings. The molecule has 0 unspecified atom stereocenters. The zero-order valence-corrected chi connectivity index (χ0v) is 18.5. The SMILES string of the molecule is COCCn1c(SCC(=O)Nc2ccccc2Cl)nc2cc(C(=O)OC)ccc2c1=O. The molecule has 0 fully saturated rings. The fourth-order valence-corrected chi connectivity index (χ4v) is 3.82. The smallest absolute Gasteiger partial charge is 0.337 e. The van der Waals surface area contributed by atoms with Crippen LogP contribution in [0.15, 0.2) is 52.4 Å². The largest absolute Gasteiger partial charge is 0.465 e. The summed E-state index contributed by atoms with van der Waals surface area (Å²) < 4.78 is 11.3. The Morgan fingerprint density at radius 2 is 1.97 bits per heavy atom. The van der Waals surface area contributed by atoms with Crippen LogP contribution in [0.25, 0.3) is 10.9 Å². The summed E-state index contributed by atoms with van der Waals surface area (Å²) in [7, 11) is 2.81. The number of ether oxygens (including phenoxy) is 2. The van der Waals surface area contributed by atoms with E-state index < -0.39 is 5.97 Å². The highest BCUT2D eigenvalue weighted by Gasteiger charge is 2.16. The summed E-state index contributed by atoms with van der Waals surface area (Å²) in [6.45, 7) is 0.568. The van der Waals surface area contributed by atoms with E-state index in [2.05, 4.69) is 10.3 Å². The number of anilines is 1. The highest BCUT2D eigenvalue weighted by Crippen LogP contribution is 2.22. The van der Waals surface area contributed by atoms with Crippen molar-refractivity contribution in [2.24, 2.45) is 0 Å². The van der Waals surface area contributed by atoms with Gasteiger partial charge in [0.2, 0.25) is 5.91 Å². The van der Waals surface area contributed by atoms with Crippen LogP contribution in [0.2, 0.25) is 5.02 Å². The summed E-state index contributed by atoms with van der Waals surface area (Å²) in [5.41, 5.74) is 0.841. The van der Waals surface area contributed by atoms with Crippen LogP contribution in [0.1, 0.15) is 10.4 Å². The van der Waals surface area contributed by atoms with Crippen molar-refractivity contribution < 1.29 is 19.1 Å². The second-order valence-electron chi connectivity index (χ2n) is 6.38. The third-order valence-electron chi connectivity index (χ3n) is 4.34. The van der Waals surface area contributed by atoms with Crippen molar-refractivity contribution in [3.63, 3.8) is 0 Å². The van der Waals surface area contributed by atoms with Crippen LogP contribution < -0.4 is 10.9 Å². The maximum atomic E-state index is 13.0. The number of halogens is 1. The molecule has 1 heterocycles. The van der Waals surface area contributed by atoms with Gasteiger partial charge in [0.15, 0.2) is 5.16 Å². The van der Waals surface area contributed by atoms with E-state index in [1.165, 1.54) is 30.9 Å². The normalized spacial score (nSPS) is 10.8. The number of rotatable bonds is 8. The number of para-hydroxylation sites is 1. The number of nitrogens with zero attached hydrogens (tertiary/aromatic N) is 2. The lowest BCUT2D eigenvalue weighted by molar-refractivity contribution is -0.113. The average Bonchev–Trinajstić information content (AvgIpc) is 2.77. The molecule has 0 bridgehead atoms. The maximum Gasteiger partial charge on any atom is 0.337 e. The topological polar surface area (TPSA) is 99.5 Å². The molecule has 0 aliphatic heterocycles. The van der Waals surface area contributed by atoms with Gasteiger partial charge in [-0.2, -0.15) is 0 Å². The molecule has 31 heavy (non-hydrogen) atoms. The van der Waals surface area contributed by atoms with Crippen LogP contribution in [-0.4, -0.2) is 48.0 Å². The number of nitrogens with one attached hydrogen (secondary N) is 1. The van der Waals surface area contributed by atoms with Crippen LogP contribution in [0.3, 0.4) is 0 Å². The van der Waals surface area contributed by atoms with Gasteiger partial charge in [-0.25, -0.2) is 9.78 Å². The lowest BCUT2D eigenvalue weighted by atomic mass is 10.1. The Bertz CT molecular complexity index is 1180. The first-order valence-corrected chi connectivity index (χ1v) is 10.6. The number of aromatic nitrogens is 2. The highest BCUT2D eigenvalue weighted by atomic mass is 35.5. The minimum Gasteiger partial charge on any atom is -0.465 e. The predicted molar refractivity (Wildman–Crippen MR) is 120 cm³/mol. The average molecular weight is 462 g/mol. The zero-order chi connectivity index (χ0) is 22.4. The molecule has 1 N–H and O–H groups in total. The fourth-order valence-electron chi connectivity index (χ4n) is 2.81. The number of fused-ring (bicyclic) bond motifs is 1. The molecule has 3 rings (SSSR count). The van der Waals surface area contributed by atoms with E-state index in [-0.39, 0.29) is 29.3 Å². The maximum absolute atomic E-state index is 13.0. The minimum atomic E-state index is -0.527. The Hall–Kier alpha value is -2.88. The van der Waals surface area contributed by atoms with Crippen molar-refractivity contribution >= 4 is 51.8 Å². The summed E-state index contributed by atoms with van der Waals surface area (Å²) in [6, 6.07) is 11.5. The molecule has 162 valence electrons. The van der Waals surface area contributed by atoms with E-state index in [4.69, 9.17) is 21.1 Å². The first-order valence-electron chi connectivity index (χ1n) is 9.23. The number of hydrogen-bond acceptors (Lipinski definition) is 7. The molecule has 8 nitrogen and oxygen atoms in total. The van der Waals surface area contributed by atoms with E-state index in [1.807, 2.05) is 0 Å². The Balaban J connectivity index is 1.90. The second kappa shape index (κ2) is 10.4. The summed E-state index contributed by atoms with van der Waals surface area (Å²) in [5.74, 6) is -0.818. The summed E-state index contributed by atoms with van der Waals surface area (Å²) in [5, 5.41) is 3.86. The number of amides is 1. The minimum absolute atomic E-state index is 0.00679. The summed E-state index contributed by atoms with van der Waals surface area (Å²) in [6.07, 6.45) is 0. The molecular formula is C21H20ClN3O5S. The first kappa shape index (κ1) is 22.8. The number of carbonyl (C=O) groups excluding carboxylic acids is 2. The summed E-state index contributed by atoms with van der Waals surface area (Å²) >= 11 is 7.18. The van der Waals surface area contributed by atoms with Crippen molar-refractivity contribution in [2.45, 2.75) is 11.7 Å². The van der Waals surface area contributed by atoms with E-state index >= 15 is 0 Å². The number of carbonyl (C=O) groups is 2. The van der Waals surface area contributed by atoms with Gasteiger partial charge in [-0.05, 0) is 30.3 Å². The van der Waals surface area contributed by atoms with Gasteiger partial charge in [-0.15, -0.1) is 0 Å². The molecule has 0 saturated carbocycles. The molecule has 0 saturated heterocycles. The highest BCUT2D eigenvalue weighted by molar-refractivity contribution is 7.99. The molecule has 3 aromatic rings. The summed E-state index contributed by atoms with van der Waals surface area (Å²) in [4.78, 5) is 41.8. The molecule has 10 heteroatoms. The van der Waals surface area contributed by atoms with Gasteiger partial charge < -0.3 is 14.8 Å². The number of esters is 1. The second-order valence-corrected chi connectivity index (χ2v) is 7.73. The van der Waals surface area contributed by atoms with E-state index in [0.717, 1.165) is 11.8 Å². The Morgan fingerprint density at radius 3 is 2.68 bits per heavy atom.